The van der Waals surface area contributed by atoms with Crippen molar-refractivity contribution in [3.8, 4) is 0 Å². The fourth-order valence-corrected chi connectivity index (χ4v) is 1.63. The van der Waals surface area contributed by atoms with Gasteiger partial charge in [-0.2, -0.15) is 0 Å². The van der Waals surface area contributed by atoms with Crippen molar-refractivity contribution in [2.45, 2.75) is 33.2 Å². The zero-order valence-corrected chi connectivity index (χ0v) is 10.3. The quantitative estimate of drug-likeness (QED) is 0.782. The minimum atomic E-state index is -0.247. The van der Waals surface area contributed by atoms with Crippen LogP contribution in [-0.4, -0.2) is 11.4 Å². The molecule has 0 spiro atoms. The molecule has 1 N–H and O–H groups in total. The first-order valence-electron chi connectivity index (χ1n) is 4.89. The molecule has 3 heteroatoms. The van der Waals surface area contributed by atoms with Crippen LogP contribution in [-0.2, 0) is 0 Å². The van der Waals surface area contributed by atoms with Gasteiger partial charge in [0.2, 0.25) is 0 Å². The lowest BCUT2D eigenvalue weighted by atomic mass is 10.0. The molecule has 15 heavy (non-hydrogen) atoms. The van der Waals surface area contributed by atoms with Gasteiger partial charge in [-0.3, -0.25) is 4.79 Å². The Bertz CT molecular complexity index is 359. The molecule has 0 radical (unpaired) electrons. The largest absolute Gasteiger partial charge is 0.347 e. The average molecular weight is 226 g/mol. The molecule has 82 valence electrons. The summed E-state index contributed by atoms with van der Waals surface area (Å²) in [5.41, 5.74) is 1.21. The Labute approximate surface area is 95.6 Å². The third-order valence-corrected chi connectivity index (χ3v) is 2.25. The molecule has 1 rings (SSSR count). The number of amides is 1. The summed E-state index contributed by atoms with van der Waals surface area (Å²) in [6.45, 7) is 7.70. The van der Waals surface area contributed by atoms with Gasteiger partial charge in [0.05, 0.1) is 10.6 Å². The minimum Gasteiger partial charge on any atom is -0.347 e. The first-order chi connectivity index (χ1) is 6.81. The highest BCUT2D eigenvalue weighted by Crippen LogP contribution is 2.20. The predicted molar refractivity (Wildman–Crippen MR) is 63.4 cm³/mol. The van der Waals surface area contributed by atoms with Crippen LogP contribution in [0.25, 0.3) is 0 Å². The van der Waals surface area contributed by atoms with Gasteiger partial charge in [-0.25, -0.2) is 0 Å². The fourth-order valence-electron chi connectivity index (χ4n) is 1.32. The molecule has 0 aliphatic carbocycles. The molecule has 0 aromatic heterocycles. The van der Waals surface area contributed by atoms with Crippen LogP contribution in [0.2, 0.25) is 5.02 Å². The summed E-state index contributed by atoms with van der Waals surface area (Å²) in [4.78, 5) is 11.9. The van der Waals surface area contributed by atoms with Crippen LogP contribution in [0.4, 0.5) is 0 Å². The van der Waals surface area contributed by atoms with Gasteiger partial charge >= 0.3 is 0 Å². The monoisotopic (exact) mass is 225 g/mol. The minimum absolute atomic E-state index is 0.120. The maximum atomic E-state index is 11.9. The van der Waals surface area contributed by atoms with Gasteiger partial charge in [0.15, 0.2) is 0 Å². The molecule has 0 atom stereocenters. The number of benzene rings is 1. The topological polar surface area (TPSA) is 29.1 Å². The van der Waals surface area contributed by atoms with Crippen LogP contribution in [0.5, 0.6) is 0 Å². The zero-order valence-electron chi connectivity index (χ0n) is 9.52. The Morgan fingerprint density at radius 2 is 1.93 bits per heavy atom. The van der Waals surface area contributed by atoms with Crippen LogP contribution in [0.15, 0.2) is 18.2 Å². The van der Waals surface area contributed by atoms with Gasteiger partial charge in [-0.15, -0.1) is 0 Å². The van der Waals surface area contributed by atoms with Crippen LogP contribution in [0, 0.1) is 6.92 Å². The Morgan fingerprint density at radius 3 is 2.40 bits per heavy atom. The van der Waals surface area contributed by atoms with Crippen molar-refractivity contribution in [1.82, 2.24) is 5.32 Å². The second-order valence-corrected chi connectivity index (χ2v) is 5.04. The van der Waals surface area contributed by atoms with Crippen molar-refractivity contribution < 1.29 is 4.79 Å². The highest BCUT2D eigenvalue weighted by atomic mass is 35.5. The SMILES string of the molecule is Cc1cccc(Cl)c1C(=O)NC(C)(C)C. The van der Waals surface area contributed by atoms with Gasteiger partial charge in [-0.05, 0) is 39.3 Å². The predicted octanol–water partition coefficient (Wildman–Crippen LogP) is 3.18. The van der Waals surface area contributed by atoms with Crippen molar-refractivity contribution >= 4 is 17.5 Å². The Kier molecular flexibility index (Phi) is 3.40. The number of carbonyl (C=O) groups excluding carboxylic acids is 1. The lowest BCUT2D eigenvalue weighted by molar-refractivity contribution is 0.0919. The number of hydrogen-bond donors (Lipinski definition) is 1. The standard InChI is InChI=1S/C12H16ClNO/c1-8-6-5-7-9(13)10(8)11(15)14-12(2,3)4/h5-7H,1-4H3,(H,14,15). The molecule has 0 heterocycles. The molecule has 0 saturated carbocycles. The molecule has 0 aliphatic rings. The molecule has 2 nitrogen and oxygen atoms in total. The molecular weight excluding hydrogens is 210 g/mol. The van der Waals surface area contributed by atoms with Gasteiger partial charge < -0.3 is 5.32 Å². The number of nitrogens with one attached hydrogen (secondary N) is 1. The van der Waals surface area contributed by atoms with E-state index in [9.17, 15) is 4.79 Å². The van der Waals surface area contributed by atoms with E-state index in [1.165, 1.54) is 0 Å². The zero-order chi connectivity index (χ0) is 11.6. The van der Waals surface area contributed by atoms with E-state index in [0.29, 0.717) is 10.6 Å². The van der Waals surface area contributed by atoms with Crippen LogP contribution in [0.3, 0.4) is 0 Å². The maximum absolute atomic E-state index is 11.9. The highest BCUT2D eigenvalue weighted by molar-refractivity contribution is 6.34. The number of halogens is 1. The number of hydrogen-bond acceptors (Lipinski definition) is 1. The Balaban J connectivity index is 3.02. The van der Waals surface area contributed by atoms with Gasteiger partial charge in [0.1, 0.15) is 0 Å². The summed E-state index contributed by atoms with van der Waals surface area (Å²) in [5, 5.41) is 3.39. The van der Waals surface area contributed by atoms with E-state index in [0.717, 1.165) is 5.56 Å². The molecule has 0 saturated heterocycles. The molecule has 0 unspecified atom stereocenters. The number of aryl methyl sites for hydroxylation is 1. The third-order valence-electron chi connectivity index (χ3n) is 1.94. The first-order valence-corrected chi connectivity index (χ1v) is 5.27. The first kappa shape index (κ1) is 12.1. The summed E-state index contributed by atoms with van der Waals surface area (Å²) < 4.78 is 0. The molecule has 0 fully saturated rings. The number of rotatable bonds is 1. The lowest BCUT2D eigenvalue weighted by Crippen LogP contribution is -2.40. The van der Waals surface area contributed by atoms with Crippen LogP contribution in [0.1, 0.15) is 36.7 Å². The van der Waals surface area contributed by atoms with Crippen molar-refractivity contribution in [2.75, 3.05) is 0 Å². The summed E-state index contributed by atoms with van der Waals surface area (Å²) in [7, 11) is 0. The Hall–Kier alpha value is -1.02. The highest BCUT2D eigenvalue weighted by Gasteiger charge is 2.18. The van der Waals surface area contributed by atoms with Gasteiger partial charge in [0.25, 0.3) is 5.91 Å². The average Bonchev–Trinajstić information content (AvgIpc) is 1.99. The molecule has 1 aromatic carbocycles. The van der Waals surface area contributed by atoms with Gasteiger partial charge in [-0.1, -0.05) is 23.7 Å². The second kappa shape index (κ2) is 4.23. The van der Waals surface area contributed by atoms with E-state index < -0.39 is 0 Å². The summed E-state index contributed by atoms with van der Waals surface area (Å²) in [5.74, 6) is -0.120. The molecule has 1 aromatic rings. The van der Waals surface area contributed by atoms with Crippen molar-refractivity contribution in [3.05, 3.63) is 34.3 Å². The smallest absolute Gasteiger partial charge is 0.253 e. The maximum Gasteiger partial charge on any atom is 0.253 e. The van der Waals surface area contributed by atoms with E-state index in [2.05, 4.69) is 5.32 Å². The Morgan fingerprint density at radius 1 is 1.33 bits per heavy atom. The van der Waals surface area contributed by atoms with Crippen LogP contribution < -0.4 is 5.32 Å². The molecule has 0 aliphatic heterocycles. The number of carbonyl (C=O) groups is 1. The molecular formula is C12H16ClNO. The third kappa shape index (κ3) is 3.24. The molecule has 1 amide bonds. The molecule has 0 bridgehead atoms. The van der Waals surface area contributed by atoms with Crippen molar-refractivity contribution in [3.63, 3.8) is 0 Å². The van der Waals surface area contributed by atoms with E-state index in [4.69, 9.17) is 11.6 Å². The summed E-state index contributed by atoms with van der Waals surface area (Å²) in [6.07, 6.45) is 0. The van der Waals surface area contributed by atoms with E-state index in [1.807, 2.05) is 39.8 Å². The fraction of sp³-hybridized carbons (Fsp3) is 0.417. The van der Waals surface area contributed by atoms with E-state index in [1.54, 1.807) is 6.07 Å². The lowest BCUT2D eigenvalue weighted by Gasteiger charge is -2.21. The second-order valence-electron chi connectivity index (χ2n) is 4.64. The van der Waals surface area contributed by atoms with E-state index >= 15 is 0 Å². The summed E-state index contributed by atoms with van der Waals surface area (Å²) >= 11 is 5.99. The summed E-state index contributed by atoms with van der Waals surface area (Å²) in [6, 6.07) is 5.45. The van der Waals surface area contributed by atoms with Crippen molar-refractivity contribution in [2.24, 2.45) is 0 Å². The van der Waals surface area contributed by atoms with E-state index in [-0.39, 0.29) is 11.4 Å². The van der Waals surface area contributed by atoms with Crippen LogP contribution >= 0.6 is 11.6 Å². The van der Waals surface area contributed by atoms with Gasteiger partial charge in [0, 0.05) is 5.54 Å². The van der Waals surface area contributed by atoms with Crippen molar-refractivity contribution in [1.29, 1.82) is 0 Å². The normalized spacial score (nSPS) is 11.3.